The van der Waals surface area contributed by atoms with Gasteiger partial charge in [0.2, 0.25) is 0 Å². The van der Waals surface area contributed by atoms with E-state index < -0.39 is 58.4 Å². The van der Waals surface area contributed by atoms with Gasteiger partial charge < -0.3 is 24.6 Å². The molecule has 0 heterocycles. The molecule has 312 valence electrons. The standard InChI is InChI=1S/C43H75O10P/c1-3-5-7-9-11-13-15-17-19-21-23-25-27-29-31-33-35-43(47)53-41(37-45)39-51-54(48,49)50-38-40(36-44)52-42(46)34-32-30-28-26-24-22-20-18-16-14-12-10-8-6-4-2/h6,8,12,14,18,20,24,26,30,32,40-41,44-45H,3-5,7,9-11,13,15-17,19,21-23,25,27-29,31,33-39H2,1-2H3,(H,48,49)/b8-6-,14-12-,20-18-,26-24-,32-30-. The van der Waals surface area contributed by atoms with E-state index in [1.165, 1.54) is 77.0 Å². The first kappa shape index (κ1) is 51.7. The molecule has 3 atom stereocenters. The number of hydrogen-bond donors (Lipinski definition) is 3. The van der Waals surface area contributed by atoms with Crippen LogP contribution in [0, 0.1) is 0 Å². The second-order valence-electron chi connectivity index (χ2n) is 13.6. The minimum atomic E-state index is -4.66. The second-order valence-corrected chi connectivity index (χ2v) is 15.1. The average Bonchev–Trinajstić information content (AvgIpc) is 3.16. The van der Waals surface area contributed by atoms with Crippen LogP contribution >= 0.6 is 7.82 Å². The Morgan fingerprint density at radius 2 is 0.870 bits per heavy atom. The quantitative estimate of drug-likeness (QED) is 0.0239. The van der Waals surface area contributed by atoms with Crippen LogP contribution in [0.4, 0.5) is 0 Å². The molecule has 0 aromatic rings. The van der Waals surface area contributed by atoms with Crippen molar-refractivity contribution < 1.29 is 47.8 Å². The molecule has 0 aromatic carbocycles. The molecule has 10 nitrogen and oxygen atoms in total. The number of phosphoric ester groups is 1. The van der Waals surface area contributed by atoms with Gasteiger partial charge in [0.05, 0.1) is 32.8 Å². The van der Waals surface area contributed by atoms with Gasteiger partial charge in [-0.25, -0.2) is 4.57 Å². The predicted molar refractivity (Wildman–Crippen MR) is 219 cm³/mol. The molecule has 11 heteroatoms. The van der Waals surface area contributed by atoms with Crippen molar-refractivity contribution >= 4 is 19.8 Å². The zero-order valence-corrected chi connectivity index (χ0v) is 34.6. The Hall–Kier alpha value is -2.33. The molecule has 0 saturated heterocycles. The van der Waals surface area contributed by atoms with Crippen LogP contribution in [0.5, 0.6) is 0 Å². The molecule has 0 amide bonds. The Bertz CT molecular complexity index is 1080. The zero-order valence-electron chi connectivity index (χ0n) is 33.7. The average molecular weight is 783 g/mol. The van der Waals surface area contributed by atoms with Crippen LogP contribution in [0.15, 0.2) is 60.8 Å². The van der Waals surface area contributed by atoms with Crippen molar-refractivity contribution in [2.24, 2.45) is 0 Å². The molecule has 0 bridgehead atoms. The van der Waals surface area contributed by atoms with Gasteiger partial charge in [0.1, 0.15) is 12.2 Å². The summed E-state index contributed by atoms with van der Waals surface area (Å²) in [4.78, 5) is 34.4. The third kappa shape index (κ3) is 36.6. The van der Waals surface area contributed by atoms with Crippen molar-refractivity contribution in [3.05, 3.63) is 60.8 Å². The smallest absolute Gasteiger partial charge is 0.457 e. The minimum absolute atomic E-state index is 0.0414. The van der Waals surface area contributed by atoms with Gasteiger partial charge >= 0.3 is 19.8 Å². The Morgan fingerprint density at radius 1 is 0.519 bits per heavy atom. The minimum Gasteiger partial charge on any atom is -0.457 e. The fourth-order valence-corrected chi connectivity index (χ4v) is 6.15. The van der Waals surface area contributed by atoms with E-state index in [1.807, 2.05) is 18.2 Å². The van der Waals surface area contributed by atoms with E-state index in [0.29, 0.717) is 12.8 Å². The lowest BCUT2D eigenvalue weighted by Crippen LogP contribution is -2.28. The molecule has 0 spiro atoms. The molecule has 54 heavy (non-hydrogen) atoms. The first-order valence-corrected chi connectivity index (χ1v) is 22.2. The number of esters is 2. The van der Waals surface area contributed by atoms with E-state index in [-0.39, 0.29) is 12.8 Å². The zero-order chi connectivity index (χ0) is 39.8. The van der Waals surface area contributed by atoms with Crippen molar-refractivity contribution in [1.82, 2.24) is 0 Å². The van der Waals surface area contributed by atoms with Crippen molar-refractivity contribution in [1.29, 1.82) is 0 Å². The fraction of sp³-hybridized carbons (Fsp3) is 0.721. The number of aliphatic hydroxyl groups is 2. The predicted octanol–water partition coefficient (Wildman–Crippen LogP) is 10.7. The first-order valence-electron chi connectivity index (χ1n) is 20.7. The third-order valence-corrected chi connectivity index (χ3v) is 9.48. The molecular formula is C43H75O10P. The number of aliphatic hydroxyl groups excluding tert-OH is 2. The summed E-state index contributed by atoms with van der Waals surface area (Å²) in [5.41, 5.74) is 0. The number of allylic oxidation sites excluding steroid dienone is 9. The number of carbonyl (C=O) groups excluding carboxylic acids is 2. The van der Waals surface area contributed by atoms with E-state index in [0.717, 1.165) is 44.9 Å². The molecular weight excluding hydrogens is 707 g/mol. The van der Waals surface area contributed by atoms with E-state index in [2.05, 4.69) is 50.3 Å². The van der Waals surface area contributed by atoms with Crippen LogP contribution in [-0.4, -0.2) is 65.7 Å². The lowest BCUT2D eigenvalue weighted by molar-refractivity contribution is -0.153. The molecule has 0 aliphatic rings. The highest BCUT2D eigenvalue weighted by Crippen LogP contribution is 2.43. The van der Waals surface area contributed by atoms with E-state index in [1.54, 1.807) is 6.08 Å². The van der Waals surface area contributed by atoms with Crippen molar-refractivity contribution in [2.75, 3.05) is 26.4 Å². The normalized spacial score (nSPS) is 14.5. The van der Waals surface area contributed by atoms with E-state index in [4.69, 9.17) is 18.5 Å². The highest BCUT2D eigenvalue weighted by Gasteiger charge is 2.27. The summed E-state index contributed by atoms with van der Waals surface area (Å²) in [6.07, 6.45) is 42.2. The number of phosphoric acid groups is 1. The highest BCUT2D eigenvalue weighted by molar-refractivity contribution is 7.47. The summed E-state index contributed by atoms with van der Waals surface area (Å²) in [5.74, 6) is -1.15. The fourth-order valence-electron chi connectivity index (χ4n) is 5.37. The maximum Gasteiger partial charge on any atom is 0.472 e. The third-order valence-electron chi connectivity index (χ3n) is 8.53. The summed E-state index contributed by atoms with van der Waals surface area (Å²) >= 11 is 0. The maximum absolute atomic E-state index is 12.3. The Labute approximate surface area is 327 Å². The molecule has 0 rings (SSSR count). The van der Waals surface area contributed by atoms with Gasteiger partial charge in [-0.15, -0.1) is 0 Å². The first-order chi connectivity index (χ1) is 26.3. The van der Waals surface area contributed by atoms with Crippen LogP contribution < -0.4 is 0 Å². The van der Waals surface area contributed by atoms with Gasteiger partial charge in [0.25, 0.3) is 0 Å². The Morgan fingerprint density at radius 3 is 1.26 bits per heavy atom. The van der Waals surface area contributed by atoms with Gasteiger partial charge in [-0.3, -0.25) is 18.6 Å². The van der Waals surface area contributed by atoms with Gasteiger partial charge in [-0.2, -0.15) is 0 Å². The summed E-state index contributed by atoms with van der Waals surface area (Å²) in [7, 11) is -4.66. The number of ether oxygens (including phenoxy) is 2. The summed E-state index contributed by atoms with van der Waals surface area (Å²) in [6, 6.07) is 0. The van der Waals surface area contributed by atoms with Gasteiger partial charge in [-0.05, 0) is 38.5 Å². The number of hydrogen-bond acceptors (Lipinski definition) is 9. The second kappa shape index (κ2) is 38.9. The Kier molecular flexibility index (Phi) is 37.2. The van der Waals surface area contributed by atoms with Crippen LogP contribution in [-0.2, 0) is 32.7 Å². The van der Waals surface area contributed by atoms with Gasteiger partial charge in [0, 0.05) is 6.42 Å². The SMILES string of the molecule is CC/C=C\C/C=C\C/C=C\C/C=C\C/C=C\CC(=O)OC(CO)COP(=O)(O)OCC(CO)OC(=O)CCCCCCCCCCCCCCCCCC. The molecule has 3 N–H and O–H groups in total. The summed E-state index contributed by atoms with van der Waals surface area (Å²) < 4.78 is 32.4. The lowest BCUT2D eigenvalue weighted by atomic mass is 10.0. The number of unbranched alkanes of at least 4 members (excludes halogenated alkanes) is 15. The van der Waals surface area contributed by atoms with E-state index >= 15 is 0 Å². The highest BCUT2D eigenvalue weighted by atomic mass is 31.2. The molecule has 0 saturated carbocycles. The number of carbonyl (C=O) groups is 2. The molecule has 0 aromatic heterocycles. The molecule has 3 unspecified atom stereocenters. The van der Waals surface area contributed by atoms with Crippen molar-refractivity contribution in [3.63, 3.8) is 0 Å². The van der Waals surface area contributed by atoms with Crippen molar-refractivity contribution in [3.8, 4) is 0 Å². The van der Waals surface area contributed by atoms with Gasteiger partial charge in [0.15, 0.2) is 0 Å². The molecule has 0 aliphatic heterocycles. The molecule has 0 fully saturated rings. The monoisotopic (exact) mass is 783 g/mol. The van der Waals surface area contributed by atoms with Crippen LogP contribution in [0.3, 0.4) is 0 Å². The van der Waals surface area contributed by atoms with Crippen LogP contribution in [0.1, 0.15) is 162 Å². The Balaban J connectivity index is 4.04. The summed E-state index contributed by atoms with van der Waals surface area (Å²) in [5, 5.41) is 19.1. The summed E-state index contributed by atoms with van der Waals surface area (Å²) in [6.45, 7) is 1.98. The van der Waals surface area contributed by atoms with Gasteiger partial charge in [-0.1, -0.05) is 171 Å². The van der Waals surface area contributed by atoms with Crippen molar-refractivity contribution in [2.45, 2.75) is 174 Å². The van der Waals surface area contributed by atoms with Crippen LogP contribution in [0.25, 0.3) is 0 Å². The maximum atomic E-state index is 12.3. The largest absolute Gasteiger partial charge is 0.472 e. The lowest BCUT2D eigenvalue weighted by Gasteiger charge is -2.20. The molecule has 0 aliphatic carbocycles. The van der Waals surface area contributed by atoms with E-state index in [9.17, 15) is 29.3 Å². The van der Waals surface area contributed by atoms with Crippen LogP contribution in [0.2, 0.25) is 0 Å². The number of rotatable bonds is 38. The topological polar surface area (TPSA) is 149 Å². The molecule has 0 radical (unpaired) electrons.